The van der Waals surface area contributed by atoms with E-state index >= 15 is 0 Å². The number of rotatable bonds is 4. The maximum absolute atomic E-state index is 12.2. The fourth-order valence-electron chi connectivity index (χ4n) is 5.58. The Bertz CT molecular complexity index is 3000. The molecule has 0 fully saturated rings. The van der Waals surface area contributed by atoms with Crippen molar-refractivity contribution in [2.75, 3.05) is 0 Å². The van der Waals surface area contributed by atoms with E-state index in [0.29, 0.717) is 5.69 Å². The van der Waals surface area contributed by atoms with E-state index in [1.165, 1.54) is 6.20 Å². The first-order valence-corrected chi connectivity index (χ1v) is 22.5. The van der Waals surface area contributed by atoms with E-state index in [1.807, 2.05) is 133 Å². The second kappa shape index (κ2) is 38.4. The quantitative estimate of drug-likeness (QED) is 0.163. The zero-order valence-corrected chi connectivity index (χ0v) is 52.1. The third-order valence-electron chi connectivity index (χ3n) is 8.83. The summed E-state index contributed by atoms with van der Waals surface area (Å²) < 4.78 is 36.6. The van der Waals surface area contributed by atoms with Crippen molar-refractivity contribution in [3.63, 3.8) is 0 Å². The molecule has 0 saturated carbocycles. The Labute approximate surface area is 511 Å². The topological polar surface area (TPSA) is 267 Å². The van der Waals surface area contributed by atoms with Crippen LogP contribution in [0.1, 0.15) is 45.6 Å². The minimum absolute atomic E-state index is 0. The molecule has 27 heteroatoms. The maximum Gasteiger partial charge on any atom is 2.00 e. The third kappa shape index (κ3) is 27.3. The third-order valence-corrected chi connectivity index (χ3v) is 8.83. The molecule has 0 amide bonds. The van der Waals surface area contributed by atoms with Crippen molar-refractivity contribution < 1.29 is 97.4 Å². The second-order valence-electron chi connectivity index (χ2n) is 15.3. The summed E-state index contributed by atoms with van der Waals surface area (Å²) in [5, 5.41) is 59.1. The monoisotopic (exact) mass is 1790 g/mol. The number of nitrogens with zero attached hydrogens (tertiary/aromatic N) is 20. The summed E-state index contributed by atoms with van der Waals surface area (Å²) in [5.41, 5.74) is 11.4. The SMILES string of the molecule is Cc1cc(-c2ccccn2)[n-]n1.Cc1cc(-c2ccccn2)[n-]n1.Cc1cc(-c2ccccn2)[n-]n1.Cc1cc(C)[n-]n1.Cc1cc(C)[n-]n1.FC(F)(F)c1cc(-c2ccccn2)[n-]n1.[Pt+2].[Pt+2].[Pt+2].[Pt+2].c1cn[n-]c1.c1cn[n-]c1. The van der Waals surface area contributed by atoms with Crippen LogP contribution in [0.15, 0.2) is 171 Å². The molecule has 418 valence electrons. The number of hydrogen-bond donors (Lipinski definition) is 0. The van der Waals surface area contributed by atoms with E-state index in [4.69, 9.17) is 0 Å². The molecule has 0 saturated heterocycles. The van der Waals surface area contributed by atoms with Gasteiger partial charge in [-0.1, -0.05) is 103 Å². The van der Waals surface area contributed by atoms with Gasteiger partial charge in [0.15, 0.2) is 0 Å². The van der Waals surface area contributed by atoms with Crippen LogP contribution >= 0.6 is 0 Å². The summed E-state index contributed by atoms with van der Waals surface area (Å²) in [6, 6.07) is 36.2. The van der Waals surface area contributed by atoms with Crippen molar-refractivity contribution >= 4 is 0 Å². The number of aryl methyl sites for hydroxylation is 7. The predicted octanol–water partition coefficient (Wildman–Crippen LogP) is 7.73. The Morgan fingerprint density at radius 2 is 0.620 bits per heavy atom. The van der Waals surface area contributed by atoms with Crippen LogP contribution in [-0.4, -0.2) is 60.7 Å². The molecule has 12 aromatic rings. The first-order valence-electron chi connectivity index (χ1n) is 22.5. The number of aromatic nitrogens is 20. The fraction of sp³-hybridized carbons (Fsp3) is 0.154. The average Bonchev–Trinajstić information content (AvgIpc) is 4.26. The van der Waals surface area contributed by atoms with Crippen LogP contribution in [-0.2, 0) is 90.4 Å². The van der Waals surface area contributed by atoms with Gasteiger partial charge >= 0.3 is 90.4 Å². The van der Waals surface area contributed by atoms with E-state index in [1.54, 1.807) is 73.7 Å². The average molecular weight is 1790 g/mol. The van der Waals surface area contributed by atoms with Gasteiger partial charge in [0.05, 0.1) is 0 Å². The Hall–Kier alpha value is -7.18. The van der Waals surface area contributed by atoms with Crippen molar-refractivity contribution in [2.45, 2.75) is 54.6 Å². The molecule has 12 aromatic heterocycles. The van der Waals surface area contributed by atoms with E-state index < -0.39 is 11.9 Å². The number of alkyl halides is 3. The van der Waals surface area contributed by atoms with Crippen LogP contribution in [0.25, 0.3) is 45.6 Å². The summed E-state index contributed by atoms with van der Waals surface area (Å²) in [6.07, 6.45) is 8.83. The van der Waals surface area contributed by atoms with E-state index in [0.717, 1.165) is 80.1 Å². The molecule has 0 aromatic carbocycles. The van der Waals surface area contributed by atoms with Gasteiger partial charge in [-0.25, -0.2) is 0 Å². The summed E-state index contributed by atoms with van der Waals surface area (Å²) in [5.74, 6) is 0. The van der Waals surface area contributed by atoms with Crippen LogP contribution in [0.5, 0.6) is 0 Å². The minimum atomic E-state index is -4.46. The molecule has 0 bridgehead atoms. The standard InChI is InChI=1S/C9H5F3N3.3C9H8N3.2C5H7N2.2C3H3N2.4Pt/c10-9(11,12)8-5-7(14-15-8)6-3-1-2-4-13-6;3*1-7-6-9(12-11-7)8-4-2-3-5-10-8;2*1-4-3-5(2)7-6-4;2*1-2-4-5-3-1;;;;/h1-5H;3*2-6H,1H3;2*3H,1-2H3;2*1-3H;;;;/q8*-1;4*+2. The van der Waals surface area contributed by atoms with Crippen molar-refractivity contribution in [3.05, 3.63) is 216 Å². The van der Waals surface area contributed by atoms with Crippen LogP contribution < -0.4 is 40.8 Å². The molecule has 12 rings (SSSR count). The Balaban J connectivity index is 0.000000459. The van der Waals surface area contributed by atoms with Crippen LogP contribution in [0.2, 0.25) is 0 Å². The molecule has 0 N–H and O–H groups in total. The zero-order chi connectivity index (χ0) is 53.7. The molecule has 0 unspecified atom stereocenters. The normalized spacial score (nSPS) is 9.49. The Kier molecular flexibility index (Phi) is 33.9. The molecule has 0 atom stereocenters. The van der Waals surface area contributed by atoms with Gasteiger partial charge in [-0.15, -0.1) is 11.4 Å². The molecule has 20 nitrogen and oxygen atoms in total. The Morgan fingerprint density at radius 1 is 0.329 bits per heavy atom. The Morgan fingerprint density at radius 3 is 0.785 bits per heavy atom. The van der Waals surface area contributed by atoms with Gasteiger partial charge in [0, 0.05) is 88.4 Å². The molecular formula is C52H49F3N20Pt4. The van der Waals surface area contributed by atoms with Crippen molar-refractivity contribution in [2.24, 2.45) is 0 Å². The molecular weight excluding hydrogens is 1740 g/mol. The maximum atomic E-state index is 12.2. The number of hydrogen-bond acceptors (Lipinski definition) is 12. The fourth-order valence-corrected chi connectivity index (χ4v) is 5.58. The summed E-state index contributed by atoms with van der Waals surface area (Å²) >= 11 is 0. The minimum Gasteiger partial charge on any atom is -0.582 e. The van der Waals surface area contributed by atoms with Gasteiger partial charge in [-0.2, -0.15) is 25.6 Å². The smallest absolute Gasteiger partial charge is 0.582 e. The van der Waals surface area contributed by atoms with Crippen LogP contribution in [0, 0.1) is 48.5 Å². The van der Waals surface area contributed by atoms with E-state index in [9.17, 15) is 13.2 Å². The second-order valence-corrected chi connectivity index (χ2v) is 15.3. The first-order chi connectivity index (χ1) is 36.2. The largest absolute Gasteiger partial charge is 2.00 e. The van der Waals surface area contributed by atoms with E-state index in [-0.39, 0.29) is 90.0 Å². The molecule has 0 aliphatic heterocycles. The molecule has 0 aliphatic carbocycles. The summed E-state index contributed by atoms with van der Waals surface area (Å²) in [6.45, 7) is 13.5. The van der Waals surface area contributed by atoms with Gasteiger partial charge in [0.1, 0.15) is 5.69 Å². The zero-order valence-electron chi connectivity index (χ0n) is 43.0. The van der Waals surface area contributed by atoms with Crippen molar-refractivity contribution in [1.29, 1.82) is 0 Å². The first kappa shape index (κ1) is 69.8. The number of halogens is 3. The van der Waals surface area contributed by atoms with Gasteiger partial charge in [0.2, 0.25) is 0 Å². The van der Waals surface area contributed by atoms with Gasteiger partial charge < -0.3 is 81.6 Å². The van der Waals surface area contributed by atoms with Crippen molar-refractivity contribution in [1.82, 2.24) is 102 Å². The summed E-state index contributed by atoms with van der Waals surface area (Å²) in [7, 11) is 0. The van der Waals surface area contributed by atoms with Crippen LogP contribution in [0.4, 0.5) is 13.2 Å². The molecule has 79 heavy (non-hydrogen) atoms. The predicted molar refractivity (Wildman–Crippen MR) is 272 cm³/mol. The van der Waals surface area contributed by atoms with Crippen molar-refractivity contribution in [3.8, 4) is 45.6 Å². The molecule has 0 radical (unpaired) electrons. The van der Waals surface area contributed by atoms with Gasteiger partial charge in [-0.3, -0.25) is 19.9 Å². The van der Waals surface area contributed by atoms with Gasteiger partial charge in [0.25, 0.3) is 0 Å². The molecule has 0 spiro atoms. The van der Waals surface area contributed by atoms with Gasteiger partial charge in [-0.05, 0) is 89.2 Å². The van der Waals surface area contributed by atoms with Crippen LogP contribution in [0.3, 0.4) is 0 Å². The molecule has 0 aliphatic rings. The van der Waals surface area contributed by atoms with E-state index in [2.05, 4.69) is 102 Å². The molecule has 12 heterocycles. The summed E-state index contributed by atoms with van der Waals surface area (Å²) in [4.78, 5) is 16.4. The number of pyridine rings is 4.